The van der Waals surface area contributed by atoms with Gasteiger partial charge in [-0.1, -0.05) is 18.2 Å². The molecule has 0 bridgehead atoms. The minimum Gasteiger partial charge on any atom is -0.348 e. The Balaban J connectivity index is 1.64. The van der Waals surface area contributed by atoms with Gasteiger partial charge >= 0.3 is 0 Å². The summed E-state index contributed by atoms with van der Waals surface area (Å²) >= 11 is 0. The third kappa shape index (κ3) is 2.54. The predicted molar refractivity (Wildman–Crippen MR) is 84.3 cm³/mol. The van der Waals surface area contributed by atoms with E-state index in [1.54, 1.807) is 12.3 Å². The first kappa shape index (κ1) is 13.2. The normalized spacial score (nSPS) is 17.0. The Labute approximate surface area is 129 Å². The van der Waals surface area contributed by atoms with Crippen LogP contribution in [-0.2, 0) is 6.42 Å². The molecule has 4 rings (SSSR count). The van der Waals surface area contributed by atoms with E-state index >= 15 is 0 Å². The second-order valence-electron chi connectivity index (χ2n) is 5.87. The van der Waals surface area contributed by atoms with Gasteiger partial charge in [0, 0.05) is 24.5 Å². The highest BCUT2D eigenvalue weighted by atomic mass is 16.2. The number of nitrogens with zero attached hydrogens (tertiary/aromatic N) is 3. The van der Waals surface area contributed by atoms with Crippen LogP contribution in [0.5, 0.6) is 0 Å². The van der Waals surface area contributed by atoms with Crippen molar-refractivity contribution in [2.45, 2.75) is 31.7 Å². The Morgan fingerprint density at radius 1 is 1.23 bits per heavy atom. The van der Waals surface area contributed by atoms with Gasteiger partial charge in [0.1, 0.15) is 5.69 Å². The fraction of sp³-hybridized carbons (Fsp3) is 0.353. The van der Waals surface area contributed by atoms with E-state index in [4.69, 9.17) is 0 Å². The molecule has 0 radical (unpaired) electrons. The van der Waals surface area contributed by atoms with Gasteiger partial charge in [-0.15, -0.1) is 0 Å². The summed E-state index contributed by atoms with van der Waals surface area (Å²) in [5, 5.41) is 2.97. The Morgan fingerprint density at radius 3 is 2.95 bits per heavy atom. The molecular weight excluding hydrogens is 276 g/mol. The molecule has 1 saturated carbocycles. The average Bonchev–Trinajstić information content (AvgIpc) is 3.38. The number of amides is 1. The van der Waals surface area contributed by atoms with Crippen molar-refractivity contribution < 1.29 is 4.79 Å². The highest BCUT2D eigenvalue weighted by Crippen LogP contribution is 2.31. The summed E-state index contributed by atoms with van der Waals surface area (Å²) < 4.78 is 0. The molecule has 0 unspecified atom stereocenters. The van der Waals surface area contributed by atoms with Gasteiger partial charge < -0.3 is 10.2 Å². The van der Waals surface area contributed by atoms with Crippen LogP contribution in [0.2, 0.25) is 0 Å². The molecule has 2 aromatic rings. The third-order valence-corrected chi connectivity index (χ3v) is 4.14. The lowest BCUT2D eigenvalue weighted by atomic mass is 10.0. The zero-order chi connectivity index (χ0) is 14.9. The number of benzene rings is 1. The molecule has 0 spiro atoms. The molecule has 2 aliphatic rings. The first-order valence-electron chi connectivity index (χ1n) is 7.80. The number of para-hydroxylation sites is 1. The third-order valence-electron chi connectivity index (χ3n) is 4.14. The molecule has 22 heavy (non-hydrogen) atoms. The van der Waals surface area contributed by atoms with Crippen LogP contribution in [0.15, 0.2) is 36.5 Å². The van der Waals surface area contributed by atoms with Crippen LogP contribution in [0.4, 0.5) is 11.6 Å². The topological polar surface area (TPSA) is 58.1 Å². The Morgan fingerprint density at radius 2 is 2.09 bits per heavy atom. The molecule has 0 atom stereocenters. The van der Waals surface area contributed by atoms with Crippen molar-refractivity contribution in [1.82, 2.24) is 15.3 Å². The Hall–Kier alpha value is -2.43. The zero-order valence-corrected chi connectivity index (χ0v) is 12.3. The first-order valence-corrected chi connectivity index (χ1v) is 7.80. The number of hydrogen-bond donors (Lipinski definition) is 1. The summed E-state index contributed by atoms with van der Waals surface area (Å²) in [4.78, 5) is 23.1. The Bertz CT molecular complexity index is 711. The van der Waals surface area contributed by atoms with E-state index in [2.05, 4.69) is 38.4 Å². The molecule has 1 N–H and O–H groups in total. The van der Waals surface area contributed by atoms with Gasteiger partial charge in [-0.3, -0.25) is 4.79 Å². The standard InChI is InChI=1S/C17H18N4O/c22-16(19-13-7-8-13)14-9-10-18-17(20-14)21-11-3-5-12-4-1-2-6-15(12)21/h1-2,4,6,9-10,13H,3,5,7-8,11H2,(H,19,22). The van der Waals surface area contributed by atoms with Crippen molar-refractivity contribution in [3.8, 4) is 0 Å². The largest absolute Gasteiger partial charge is 0.348 e. The molecule has 5 heteroatoms. The molecule has 1 aliphatic heterocycles. The van der Waals surface area contributed by atoms with E-state index in [1.807, 2.05) is 6.07 Å². The van der Waals surface area contributed by atoms with Crippen molar-refractivity contribution in [2.75, 3.05) is 11.4 Å². The van der Waals surface area contributed by atoms with Gasteiger partial charge in [-0.05, 0) is 43.4 Å². The second kappa shape index (κ2) is 5.40. The summed E-state index contributed by atoms with van der Waals surface area (Å²) in [5.74, 6) is 0.507. The maximum absolute atomic E-state index is 12.2. The van der Waals surface area contributed by atoms with E-state index in [1.165, 1.54) is 5.56 Å². The van der Waals surface area contributed by atoms with Crippen LogP contribution in [-0.4, -0.2) is 28.5 Å². The van der Waals surface area contributed by atoms with Crippen LogP contribution in [0, 0.1) is 0 Å². The van der Waals surface area contributed by atoms with E-state index in [0.29, 0.717) is 17.7 Å². The van der Waals surface area contributed by atoms with Crippen molar-refractivity contribution in [1.29, 1.82) is 0 Å². The minimum atomic E-state index is -0.101. The summed E-state index contributed by atoms with van der Waals surface area (Å²) in [6.07, 6.45) is 5.96. The van der Waals surface area contributed by atoms with Crippen molar-refractivity contribution in [3.05, 3.63) is 47.8 Å². The number of rotatable bonds is 3. The van der Waals surface area contributed by atoms with E-state index in [0.717, 1.165) is 37.9 Å². The van der Waals surface area contributed by atoms with Gasteiger partial charge in [0.2, 0.25) is 5.95 Å². The van der Waals surface area contributed by atoms with E-state index < -0.39 is 0 Å². The number of carbonyl (C=O) groups is 1. The summed E-state index contributed by atoms with van der Waals surface area (Å²) in [6, 6.07) is 10.3. The van der Waals surface area contributed by atoms with Crippen molar-refractivity contribution in [3.63, 3.8) is 0 Å². The number of anilines is 2. The lowest BCUT2D eigenvalue weighted by Gasteiger charge is -2.29. The van der Waals surface area contributed by atoms with Crippen LogP contribution < -0.4 is 10.2 Å². The summed E-state index contributed by atoms with van der Waals surface area (Å²) in [6.45, 7) is 0.880. The van der Waals surface area contributed by atoms with Gasteiger partial charge in [0.15, 0.2) is 0 Å². The lowest BCUT2D eigenvalue weighted by molar-refractivity contribution is 0.0946. The van der Waals surface area contributed by atoms with Crippen LogP contribution >= 0.6 is 0 Å². The van der Waals surface area contributed by atoms with Gasteiger partial charge in [0.25, 0.3) is 5.91 Å². The molecule has 1 aliphatic carbocycles. The fourth-order valence-electron chi connectivity index (χ4n) is 2.83. The van der Waals surface area contributed by atoms with Crippen LogP contribution in [0.1, 0.15) is 35.3 Å². The van der Waals surface area contributed by atoms with Gasteiger partial charge in [-0.25, -0.2) is 9.97 Å². The molecular formula is C17H18N4O. The van der Waals surface area contributed by atoms with Crippen molar-refractivity contribution >= 4 is 17.5 Å². The maximum atomic E-state index is 12.2. The van der Waals surface area contributed by atoms with Crippen LogP contribution in [0.3, 0.4) is 0 Å². The molecule has 112 valence electrons. The number of carbonyl (C=O) groups excluding carboxylic acids is 1. The lowest BCUT2D eigenvalue weighted by Crippen LogP contribution is -2.29. The van der Waals surface area contributed by atoms with E-state index in [9.17, 15) is 4.79 Å². The molecule has 1 amide bonds. The van der Waals surface area contributed by atoms with Crippen molar-refractivity contribution in [2.24, 2.45) is 0 Å². The summed E-state index contributed by atoms with van der Waals surface area (Å²) in [7, 11) is 0. The molecule has 5 nitrogen and oxygen atoms in total. The number of fused-ring (bicyclic) bond motifs is 1. The quantitative estimate of drug-likeness (QED) is 0.944. The Kier molecular flexibility index (Phi) is 3.25. The van der Waals surface area contributed by atoms with Gasteiger partial charge in [0.05, 0.1) is 0 Å². The highest BCUT2D eigenvalue weighted by molar-refractivity contribution is 5.93. The number of nitrogens with one attached hydrogen (secondary N) is 1. The number of aromatic nitrogens is 2. The molecule has 1 aromatic carbocycles. The SMILES string of the molecule is O=C(NC1CC1)c1ccnc(N2CCCc3ccccc32)n1. The second-order valence-corrected chi connectivity index (χ2v) is 5.87. The maximum Gasteiger partial charge on any atom is 0.270 e. The summed E-state index contributed by atoms with van der Waals surface area (Å²) in [5.41, 5.74) is 2.90. The zero-order valence-electron chi connectivity index (χ0n) is 12.3. The highest BCUT2D eigenvalue weighted by Gasteiger charge is 2.25. The molecule has 0 saturated heterocycles. The van der Waals surface area contributed by atoms with Crippen LogP contribution in [0.25, 0.3) is 0 Å². The average molecular weight is 294 g/mol. The minimum absolute atomic E-state index is 0.101. The first-order chi connectivity index (χ1) is 10.8. The molecule has 1 aromatic heterocycles. The number of aryl methyl sites for hydroxylation is 1. The number of hydrogen-bond acceptors (Lipinski definition) is 4. The smallest absolute Gasteiger partial charge is 0.270 e. The monoisotopic (exact) mass is 294 g/mol. The molecule has 2 heterocycles. The van der Waals surface area contributed by atoms with E-state index in [-0.39, 0.29) is 5.91 Å². The van der Waals surface area contributed by atoms with Gasteiger partial charge in [-0.2, -0.15) is 0 Å². The fourth-order valence-corrected chi connectivity index (χ4v) is 2.83. The molecule has 1 fully saturated rings. The predicted octanol–water partition coefficient (Wildman–Crippen LogP) is 2.45.